The van der Waals surface area contributed by atoms with Crippen molar-refractivity contribution in [2.75, 3.05) is 13.6 Å². The number of aromatic nitrogens is 1. The predicted molar refractivity (Wildman–Crippen MR) is 45.5 cm³/mol. The van der Waals surface area contributed by atoms with Crippen molar-refractivity contribution in [1.29, 1.82) is 0 Å². The fourth-order valence-electron chi connectivity index (χ4n) is 1.76. The zero-order valence-corrected chi connectivity index (χ0v) is 7.17. The summed E-state index contributed by atoms with van der Waals surface area (Å²) in [6, 6.07) is 2.23. The molecule has 2 nitrogen and oxygen atoms in total. The summed E-state index contributed by atoms with van der Waals surface area (Å²) in [7, 11) is 4.31. The summed E-state index contributed by atoms with van der Waals surface area (Å²) in [5.41, 5.74) is 3.02. The molecule has 1 aliphatic heterocycles. The minimum atomic E-state index is 1.12. The quantitative estimate of drug-likeness (QED) is 0.536. The molecule has 0 radical (unpaired) electrons. The van der Waals surface area contributed by atoms with Crippen LogP contribution in [-0.2, 0) is 20.0 Å². The van der Waals surface area contributed by atoms with Gasteiger partial charge in [0.15, 0.2) is 0 Å². The van der Waals surface area contributed by atoms with Gasteiger partial charge in [0, 0.05) is 38.4 Å². The lowest BCUT2D eigenvalue weighted by atomic mass is 10.1. The number of aryl methyl sites for hydroxylation is 1. The van der Waals surface area contributed by atoms with Gasteiger partial charge in [0.25, 0.3) is 0 Å². The van der Waals surface area contributed by atoms with E-state index in [4.69, 9.17) is 0 Å². The fraction of sp³-hybridized carbons (Fsp3) is 0.556. The third kappa shape index (κ3) is 1.07. The highest BCUT2D eigenvalue weighted by Crippen LogP contribution is 2.17. The molecule has 0 bridgehead atoms. The van der Waals surface area contributed by atoms with Crippen molar-refractivity contribution in [2.24, 2.45) is 7.05 Å². The molecule has 0 amide bonds. The van der Waals surface area contributed by atoms with Crippen molar-refractivity contribution in [3.05, 3.63) is 23.5 Å². The third-order valence-electron chi connectivity index (χ3n) is 2.47. The fourth-order valence-corrected chi connectivity index (χ4v) is 1.76. The van der Waals surface area contributed by atoms with Crippen LogP contribution in [0.3, 0.4) is 0 Å². The maximum absolute atomic E-state index is 2.36. The third-order valence-corrected chi connectivity index (χ3v) is 2.47. The number of nitrogens with zero attached hydrogens (tertiary/aromatic N) is 2. The first-order valence-corrected chi connectivity index (χ1v) is 4.09. The number of likely N-dealkylation sites (N-methyl/N-ethyl adjacent to an activating group) is 1. The standard InChI is InChI=1S/C9H14N2/c1-10-5-4-9-8(7-10)3-6-11(9)2/h3,6H,4-5,7H2,1-2H3. The number of hydrogen-bond acceptors (Lipinski definition) is 1. The Labute approximate surface area is 67.4 Å². The van der Waals surface area contributed by atoms with E-state index in [9.17, 15) is 0 Å². The summed E-state index contributed by atoms with van der Waals surface area (Å²) >= 11 is 0. The topological polar surface area (TPSA) is 8.17 Å². The van der Waals surface area contributed by atoms with Crippen molar-refractivity contribution in [3.63, 3.8) is 0 Å². The van der Waals surface area contributed by atoms with Crippen LogP contribution >= 0.6 is 0 Å². The largest absolute Gasteiger partial charge is 0.354 e. The van der Waals surface area contributed by atoms with Crippen LogP contribution < -0.4 is 0 Å². The molecule has 1 aliphatic rings. The molecule has 0 saturated heterocycles. The molecule has 2 rings (SSSR count). The highest BCUT2D eigenvalue weighted by Gasteiger charge is 2.14. The van der Waals surface area contributed by atoms with E-state index in [0.29, 0.717) is 0 Å². The summed E-state index contributed by atoms with van der Waals surface area (Å²) < 4.78 is 2.24. The average Bonchev–Trinajstić information content (AvgIpc) is 2.32. The molecule has 2 heterocycles. The van der Waals surface area contributed by atoms with Crippen molar-refractivity contribution < 1.29 is 0 Å². The van der Waals surface area contributed by atoms with Crippen LogP contribution in [0.4, 0.5) is 0 Å². The summed E-state index contributed by atoms with van der Waals surface area (Å²) in [6.45, 7) is 2.32. The van der Waals surface area contributed by atoms with Gasteiger partial charge in [-0.2, -0.15) is 0 Å². The van der Waals surface area contributed by atoms with Crippen LogP contribution in [0, 0.1) is 0 Å². The minimum absolute atomic E-state index is 1.12. The second-order valence-corrected chi connectivity index (χ2v) is 3.39. The van der Waals surface area contributed by atoms with Gasteiger partial charge >= 0.3 is 0 Å². The maximum Gasteiger partial charge on any atom is 0.0248 e. The molecule has 60 valence electrons. The summed E-state index contributed by atoms with van der Waals surface area (Å²) in [6.07, 6.45) is 3.36. The lowest BCUT2D eigenvalue weighted by Gasteiger charge is -2.23. The molecule has 0 aromatic carbocycles. The molecule has 11 heavy (non-hydrogen) atoms. The first-order chi connectivity index (χ1) is 5.27. The Bertz CT molecular complexity index is 263. The van der Waals surface area contributed by atoms with E-state index in [1.165, 1.54) is 24.2 Å². The maximum atomic E-state index is 2.36. The van der Waals surface area contributed by atoms with Crippen LogP contribution in [0.5, 0.6) is 0 Å². The molecule has 0 N–H and O–H groups in total. The number of hydrogen-bond donors (Lipinski definition) is 0. The van der Waals surface area contributed by atoms with Crippen LogP contribution in [0.2, 0.25) is 0 Å². The van der Waals surface area contributed by atoms with E-state index in [-0.39, 0.29) is 0 Å². The monoisotopic (exact) mass is 150 g/mol. The van der Waals surface area contributed by atoms with Gasteiger partial charge in [0.05, 0.1) is 0 Å². The molecule has 0 fully saturated rings. The lowest BCUT2D eigenvalue weighted by molar-refractivity contribution is 0.309. The second-order valence-electron chi connectivity index (χ2n) is 3.39. The Morgan fingerprint density at radius 2 is 2.18 bits per heavy atom. The van der Waals surface area contributed by atoms with Gasteiger partial charge in [-0.3, -0.25) is 0 Å². The minimum Gasteiger partial charge on any atom is -0.354 e. The van der Waals surface area contributed by atoms with Crippen molar-refractivity contribution in [3.8, 4) is 0 Å². The normalized spacial score (nSPS) is 18.4. The highest BCUT2D eigenvalue weighted by atomic mass is 15.1. The van der Waals surface area contributed by atoms with E-state index in [0.717, 1.165) is 6.54 Å². The van der Waals surface area contributed by atoms with Gasteiger partial charge in [-0.1, -0.05) is 0 Å². The Hall–Kier alpha value is -0.760. The van der Waals surface area contributed by atoms with E-state index < -0.39 is 0 Å². The molecule has 1 aromatic rings. The number of rotatable bonds is 0. The first kappa shape index (κ1) is 6.92. The molecule has 2 heteroatoms. The van der Waals surface area contributed by atoms with Crippen LogP contribution in [-0.4, -0.2) is 23.1 Å². The lowest BCUT2D eigenvalue weighted by Crippen LogP contribution is -2.26. The van der Waals surface area contributed by atoms with Crippen molar-refractivity contribution in [1.82, 2.24) is 9.47 Å². The summed E-state index contributed by atoms with van der Waals surface area (Å²) in [5.74, 6) is 0. The van der Waals surface area contributed by atoms with E-state index >= 15 is 0 Å². The van der Waals surface area contributed by atoms with Gasteiger partial charge < -0.3 is 9.47 Å². The Morgan fingerprint density at radius 1 is 1.36 bits per heavy atom. The Kier molecular flexibility index (Phi) is 1.50. The average molecular weight is 150 g/mol. The summed E-state index contributed by atoms with van der Waals surface area (Å²) in [5, 5.41) is 0. The molecular weight excluding hydrogens is 136 g/mol. The van der Waals surface area contributed by atoms with Gasteiger partial charge in [0.1, 0.15) is 0 Å². The predicted octanol–water partition coefficient (Wildman–Crippen LogP) is 1.01. The Balaban J connectivity index is 2.36. The van der Waals surface area contributed by atoms with Gasteiger partial charge in [-0.05, 0) is 18.7 Å². The molecule has 1 aromatic heterocycles. The van der Waals surface area contributed by atoms with Crippen LogP contribution in [0.25, 0.3) is 0 Å². The Morgan fingerprint density at radius 3 is 3.00 bits per heavy atom. The van der Waals surface area contributed by atoms with Crippen molar-refractivity contribution in [2.45, 2.75) is 13.0 Å². The zero-order valence-electron chi connectivity index (χ0n) is 7.17. The first-order valence-electron chi connectivity index (χ1n) is 4.09. The molecule has 0 aliphatic carbocycles. The SMILES string of the molecule is CN1CCc2c(ccn2C)C1. The smallest absolute Gasteiger partial charge is 0.0248 e. The molecule has 0 atom stereocenters. The molecular formula is C9H14N2. The van der Waals surface area contributed by atoms with Crippen LogP contribution in [0.15, 0.2) is 12.3 Å². The van der Waals surface area contributed by atoms with Gasteiger partial charge in [0.2, 0.25) is 0 Å². The number of fused-ring (bicyclic) bond motifs is 1. The molecule has 0 spiro atoms. The summed E-state index contributed by atoms with van der Waals surface area (Å²) in [4.78, 5) is 2.36. The molecule has 0 unspecified atom stereocenters. The second kappa shape index (κ2) is 2.38. The van der Waals surface area contributed by atoms with Gasteiger partial charge in [-0.25, -0.2) is 0 Å². The van der Waals surface area contributed by atoms with E-state index in [1.54, 1.807) is 0 Å². The zero-order chi connectivity index (χ0) is 7.84. The van der Waals surface area contributed by atoms with Gasteiger partial charge in [-0.15, -0.1) is 0 Å². The van der Waals surface area contributed by atoms with E-state index in [1.807, 2.05) is 0 Å². The van der Waals surface area contributed by atoms with Crippen molar-refractivity contribution >= 4 is 0 Å². The van der Waals surface area contributed by atoms with Crippen LogP contribution in [0.1, 0.15) is 11.3 Å². The molecule has 0 saturated carbocycles. The van der Waals surface area contributed by atoms with E-state index in [2.05, 4.69) is 35.8 Å². The highest BCUT2D eigenvalue weighted by molar-refractivity contribution is 5.24.